The van der Waals surface area contributed by atoms with Crippen LogP contribution in [0.4, 0.5) is 0 Å². The van der Waals surface area contributed by atoms with Gasteiger partial charge in [0.25, 0.3) is 0 Å². The quantitative estimate of drug-likeness (QED) is 0.786. The van der Waals surface area contributed by atoms with E-state index < -0.39 is 0 Å². The molecule has 2 rings (SSSR count). The summed E-state index contributed by atoms with van der Waals surface area (Å²) < 4.78 is 4.82. The zero-order valence-corrected chi connectivity index (χ0v) is 10.6. The van der Waals surface area contributed by atoms with Crippen molar-refractivity contribution in [2.75, 3.05) is 0 Å². The van der Waals surface area contributed by atoms with Gasteiger partial charge in [-0.25, -0.2) is 4.98 Å². The van der Waals surface area contributed by atoms with Gasteiger partial charge in [0.15, 0.2) is 0 Å². The molecular formula is C8H3BrCl2N2S. The summed E-state index contributed by atoms with van der Waals surface area (Å²) in [6.07, 6.45) is 0. The molecule has 0 N–H and O–H groups in total. The lowest BCUT2D eigenvalue weighted by atomic mass is 10.2. The van der Waals surface area contributed by atoms with Gasteiger partial charge in [-0.1, -0.05) is 27.5 Å². The van der Waals surface area contributed by atoms with Gasteiger partial charge in [0, 0.05) is 15.1 Å². The molecule has 14 heavy (non-hydrogen) atoms. The summed E-state index contributed by atoms with van der Waals surface area (Å²) in [6.45, 7) is 0. The number of hydrogen-bond acceptors (Lipinski definition) is 3. The van der Waals surface area contributed by atoms with Crippen molar-refractivity contribution in [3.05, 3.63) is 33.0 Å². The first-order chi connectivity index (χ1) is 6.66. The third kappa shape index (κ3) is 2.08. The summed E-state index contributed by atoms with van der Waals surface area (Å²) in [6, 6.07) is 5.49. The van der Waals surface area contributed by atoms with Crippen molar-refractivity contribution < 1.29 is 0 Å². The van der Waals surface area contributed by atoms with Gasteiger partial charge in [0.2, 0.25) is 5.28 Å². The van der Waals surface area contributed by atoms with Crippen LogP contribution in [0.1, 0.15) is 0 Å². The van der Waals surface area contributed by atoms with Crippen LogP contribution in [-0.4, -0.2) is 9.36 Å². The molecule has 1 heterocycles. The lowest BCUT2D eigenvalue weighted by molar-refractivity contribution is 1.33. The number of halogens is 3. The van der Waals surface area contributed by atoms with Crippen molar-refractivity contribution in [1.82, 2.24) is 9.36 Å². The number of nitrogens with zero attached hydrogens (tertiary/aromatic N) is 2. The minimum atomic E-state index is 0.261. The molecule has 2 nitrogen and oxygen atoms in total. The molecule has 0 fully saturated rings. The van der Waals surface area contributed by atoms with Crippen molar-refractivity contribution in [2.45, 2.75) is 0 Å². The van der Waals surface area contributed by atoms with Gasteiger partial charge in [-0.3, -0.25) is 0 Å². The summed E-state index contributed by atoms with van der Waals surface area (Å²) in [5, 5.41) is 1.68. The van der Waals surface area contributed by atoms with E-state index in [1.807, 2.05) is 12.1 Å². The van der Waals surface area contributed by atoms with Gasteiger partial charge < -0.3 is 0 Å². The van der Waals surface area contributed by atoms with Crippen molar-refractivity contribution in [3.8, 4) is 10.6 Å². The number of benzene rings is 1. The molecule has 0 bridgehead atoms. The molecule has 0 aliphatic carbocycles. The molecule has 0 aliphatic heterocycles. The minimum Gasteiger partial charge on any atom is -0.205 e. The van der Waals surface area contributed by atoms with Gasteiger partial charge in [0.1, 0.15) is 5.01 Å². The van der Waals surface area contributed by atoms with E-state index in [9.17, 15) is 0 Å². The monoisotopic (exact) mass is 308 g/mol. The molecule has 0 radical (unpaired) electrons. The van der Waals surface area contributed by atoms with Crippen LogP contribution in [0.25, 0.3) is 10.6 Å². The fraction of sp³-hybridized carbons (Fsp3) is 0. The van der Waals surface area contributed by atoms with Crippen molar-refractivity contribution in [2.24, 2.45) is 0 Å². The second-order valence-electron chi connectivity index (χ2n) is 2.49. The predicted molar refractivity (Wildman–Crippen MR) is 63.1 cm³/mol. The zero-order valence-electron chi connectivity index (χ0n) is 6.67. The molecule has 0 spiro atoms. The Morgan fingerprint density at radius 1 is 1.29 bits per heavy atom. The van der Waals surface area contributed by atoms with Crippen LogP contribution in [0.2, 0.25) is 10.3 Å². The maximum Gasteiger partial charge on any atom is 0.234 e. The highest BCUT2D eigenvalue weighted by Gasteiger charge is 2.08. The van der Waals surface area contributed by atoms with E-state index >= 15 is 0 Å². The molecule has 0 saturated carbocycles. The van der Waals surface area contributed by atoms with Crippen LogP contribution in [0.15, 0.2) is 22.7 Å². The van der Waals surface area contributed by atoms with Gasteiger partial charge in [-0.15, -0.1) is 0 Å². The van der Waals surface area contributed by atoms with Crippen molar-refractivity contribution in [1.29, 1.82) is 0 Å². The average Bonchev–Trinajstić information content (AvgIpc) is 2.56. The molecule has 72 valence electrons. The molecule has 0 amide bonds. The van der Waals surface area contributed by atoms with Crippen LogP contribution in [0, 0.1) is 0 Å². The highest BCUT2D eigenvalue weighted by molar-refractivity contribution is 9.10. The lowest BCUT2D eigenvalue weighted by Gasteiger charge is -1.99. The molecule has 0 unspecified atom stereocenters. The Morgan fingerprint density at radius 2 is 2.07 bits per heavy atom. The largest absolute Gasteiger partial charge is 0.234 e. The normalized spacial score (nSPS) is 10.5. The third-order valence-electron chi connectivity index (χ3n) is 1.56. The van der Waals surface area contributed by atoms with Gasteiger partial charge in [-0.05, 0) is 41.3 Å². The molecule has 0 aliphatic rings. The molecule has 6 heteroatoms. The van der Waals surface area contributed by atoms with E-state index in [1.54, 1.807) is 6.07 Å². The summed E-state index contributed by atoms with van der Waals surface area (Å²) in [5.74, 6) is 0. The number of aromatic nitrogens is 2. The molecule has 1 aromatic heterocycles. The Kier molecular flexibility index (Phi) is 3.07. The van der Waals surface area contributed by atoms with E-state index in [2.05, 4.69) is 25.3 Å². The fourth-order valence-electron chi connectivity index (χ4n) is 0.976. The highest BCUT2D eigenvalue weighted by atomic mass is 79.9. The predicted octanol–water partition coefficient (Wildman–Crippen LogP) is 4.27. The van der Waals surface area contributed by atoms with Crippen LogP contribution in [0.3, 0.4) is 0 Å². The number of rotatable bonds is 1. The lowest BCUT2D eigenvalue weighted by Crippen LogP contribution is -1.78. The fourth-order valence-corrected chi connectivity index (χ4v) is 2.55. The second kappa shape index (κ2) is 4.14. The summed E-state index contributed by atoms with van der Waals surface area (Å²) in [5.41, 5.74) is 0.905. The van der Waals surface area contributed by atoms with Gasteiger partial charge in [-0.2, -0.15) is 4.37 Å². The van der Waals surface area contributed by atoms with E-state index in [0.717, 1.165) is 15.0 Å². The summed E-state index contributed by atoms with van der Waals surface area (Å²) in [4.78, 5) is 4.07. The summed E-state index contributed by atoms with van der Waals surface area (Å²) >= 11 is 16.2. The van der Waals surface area contributed by atoms with E-state index in [0.29, 0.717) is 5.02 Å². The van der Waals surface area contributed by atoms with E-state index in [-0.39, 0.29) is 5.28 Å². The van der Waals surface area contributed by atoms with E-state index in [4.69, 9.17) is 23.2 Å². The highest BCUT2D eigenvalue weighted by Crippen LogP contribution is 2.32. The second-order valence-corrected chi connectivity index (χ2v) is 4.87. The zero-order chi connectivity index (χ0) is 10.1. The van der Waals surface area contributed by atoms with Crippen molar-refractivity contribution >= 4 is 50.7 Å². The maximum absolute atomic E-state index is 5.88. The molecule has 0 atom stereocenters. The van der Waals surface area contributed by atoms with Crippen LogP contribution in [-0.2, 0) is 0 Å². The molecule has 1 aromatic carbocycles. The minimum absolute atomic E-state index is 0.261. The Balaban J connectivity index is 2.55. The smallest absolute Gasteiger partial charge is 0.205 e. The Hall–Kier alpha value is -0.160. The van der Waals surface area contributed by atoms with Gasteiger partial charge in [0.05, 0.1) is 0 Å². The standard InChI is InChI=1S/C8H3BrCl2N2S/c9-6-2-1-4(10)3-5(6)7-12-8(11)13-14-7/h1-3H. The Bertz CT molecular complexity index is 472. The molecule has 2 aromatic rings. The van der Waals surface area contributed by atoms with Crippen LogP contribution in [0.5, 0.6) is 0 Å². The molecule has 0 saturated heterocycles. The SMILES string of the molecule is Clc1ccc(Br)c(-c2nc(Cl)ns2)c1. The first-order valence-corrected chi connectivity index (χ1v) is 5.93. The average molecular weight is 310 g/mol. The molecular weight excluding hydrogens is 307 g/mol. The first-order valence-electron chi connectivity index (χ1n) is 3.61. The van der Waals surface area contributed by atoms with E-state index in [1.165, 1.54) is 11.5 Å². The number of hydrogen-bond donors (Lipinski definition) is 0. The Morgan fingerprint density at radius 3 is 2.71 bits per heavy atom. The first kappa shape index (κ1) is 10.4. The van der Waals surface area contributed by atoms with Gasteiger partial charge >= 0.3 is 0 Å². The van der Waals surface area contributed by atoms with Crippen LogP contribution >= 0.6 is 50.7 Å². The topological polar surface area (TPSA) is 25.8 Å². The summed E-state index contributed by atoms with van der Waals surface area (Å²) in [7, 11) is 0. The third-order valence-corrected chi connectivity index (χ3v) is 3.50. The van der Waals surface area contributed by atoms with Crippen molar-refractivity contribution in [3.63, 3.8) is 0 Å². The maximum atomic E-state index is 5.88. The van der Waals surface area contributed by atoms with Crippen LogP contribution < -0.4 is 0 Å². The Labute approximate surface area is 103 Å².